The lowest BCUT2D eigenvalue weighted by atomic mass is 10.3. The second-order valence-electron chi connectivity index (χ2n) is 2.06. The molecule has 0 fully saturated rings. The monoisotopic (exact) mass is 158 g/mol. The first-order valence-corrected chi connectivity index (χ1v) is 4.48. The molecule has 0 saturated carbocycles. The van der Waals surface area contributed by atoms with Crippen LogP contribution in [0, 0.1) is 11.8 Å². The Labute approximate surface area is 67.2 Å². The van der Waals surface area contributed by atoms with Crippen LogP contribution in [0.5, 0.6) is 0 Å². The van der Waals surface area contributed by atoms with Gasteiger partial charge in [-0.2, -0.15) is 0 Å². The summed E-state index contributed by atoms with van der Waals surface area (Å²) in [5.41, 5.74) is 0. The van der Waals surface area contributed by atoms with Gasteiger partial charge in [0.2, 0.25) is 0 Å². The predicted molar refractivity (Wildman–Crippen MR) is 47.1 cm³/mol. The van der Waals surface area contributed by atoms with Crippen LogP contribution in [-0.4, -0.2) is 22.7 Å². The highest BCUT2D eigenvalue weighted by Crippen LogP contribution is 2.11. The zero-order chi connectivity index (χ0) is 7.82. The summed E-state index contributed by atoms with van der Waals surface area (Å²) in [7, 11) is 0. The third-order valence-electron chi connectivity index (χ3n) is 1.15. The minimum absolute atomic E-state index is 0.285. The summed E-state index contributed by atoms with van der Waals surface area (Å²) in [5, 5.41) is 9.08. The van der Waals surface area contributed by atoms with E-state index in [1.807, 2.05) is 6.92 Å². The van der Waals surface area contributed by atoms with E-state index in [9.17, 15) is 0 Å². The summed E-state index contributed by atoms with van der Waals surface area (Å²) < 4.78 is 0. The molecule has 0 rings (SSSR count). The standard InChI is InChI=1S/C8H14OS/c1-3-4-7-10-8(2)5-6-9/h8-9H,5-7H2,1-2H3. The summed E-state index contributed by atoms with van der Waals surface area (Å²) in [6.45, 7) is 4.24. The number of hydrogen-bond acceptors (Lipinski definition) is 2. The predicted octanol–water partition coefficient (Wildman–Crippen LogP) is 1.51. The fourth-order valence-electron chi connectivity index (χ4n) is 0.521. The van der Waals surface area contributed by atoms with Crippen LogP contribution in [-0.2, 0) is 0 Å². The molecule has 2 heteroatoms. The first-order chi connectivity index (χ1) is 4.81. The normalized spacial score (nSPS) is 11.9. The molecular formula is C8H14OS. The molecule has 0 spiro atoms. The maximum absolute atomic E-state index is 8.54. The molecular weight excluding hydrogens is 144 g/mol. The smallest absolute Gasteiger partial charge is 0.0550 e. The largest absolute Gasteiger partial charge is 0.396 e. The van der Waals surface area contributed by atoms with Crippen molar-refractivity contribution in [2.24, 2.45) is 0 Å². The minimum Gasteiger partial charge on any atom is -0.396 e. The van der Waals surface area contributed by atoms with E-state index in [2.05, 4.69) is 18.8 Å². The summed E-state index contributed by atoms with van der Waals surface area (Å²) in [4.78, 5) is 0. The molecule has 1 atom stereocenters. The first kappa shape index (κ1) is 9.87. The third kappa shape index (κ3) is 6.00. The van der Waals surface area contributed by atoms with E-state index in [0.717, 1.165) is 12.2 Å². The van der Waals surface area contributed by atoms with Gasteiger partial charge in [-0.1, -0.05) is 12.8 Å². The van der Waals surface area contributed by atoms with Crippen LogP contribution in [0.1, 0.15) is 20.3 Å². The number of thioether (sulfide) groups is 1. The van der Waals surface area contributed by atoms with Crippen molar-refractivity contribution in [3.8, 4) is 11.8 Å². The Morgan fingerprint density at radius 3 is 2.80 bits per heavy atom. The average Bonchev–Trinajstić information content (AvgIpc) is 1.89. The van der Waals surface area contributed by atoms with Crippen LogP contribution < -0.4 is 0 Å². The van der Waals surface area contributed by atoms with E-state index in [1.165, 1.54) is 0 Å². The molecule has 0 bridgehead atoms. The Kier molecular flexibility index (Phi) is 6.89. The van der Waals surface area contributed by atoms with Gasteiger partial charge in [-0.05, 0) is 13.3 Å². The van der Waals surface area contributed by atoms with E-state index in [4.69, 9.17) is 5.11 Å². The molecule has 0 aromatic heterocycles. The molecule has 0 aliphatic carbocycles. The number of rotatable bonds is 4. The van der Waals surface area contributed by atoms with Crippen LogP contribution in [0.2, 0.25) is 0 Å². The molecule has 0 aromatic carbocycles. The Balaban J connectivity index is 3.18. The van der Waals surface area contributed by atoms with Gasteiger partial charge in [0.05, 0.1) is 5.75 Å². The zero-order valence-electron chi connectivity index (χ0n) is 6.55. The van der Waals surface area contributed by atoms with Crippen molar-refractivity contribution in [3.63, 3.8) is 0 Å². The molecule has 0 radical (unpaired) electrons. The first-order valence-electron chi connectivity index (χ1n) is 3.43. The maximum atomic E-state index is 8.54. The molecule has 0 amide bonds. The van der Waals surface area contributed by atoms with E-state index in [0.29, 0.717) is 5.25 Å². The van der Waals surface area contributed by atoms with Crippen molar-refractivity contribution in [1.82, 2.24) is 0 Å². The van der Waals surface area contributed by atoms with E-state index in [-0.39, 0.29) is 6.61 Å². The minimum atomic E-state index is 0.285. The Morgan fingerprint density at radius 1 is 1.60 bits per heavy atom. The van der Waals surface area contributed by atoms with Gasteiger partial charge >= 0.3 is 0 Å². The van der Waals surface area contributed by atoms with Crippen molar-refractivity contribution in [2.45, 2.75) is 25.5 Å². The van der Waals surface area contributed by atoms with Crippen LogP contribution in [0.25, 0.3) is 0 Å². The Bertz CT molecular complexity index is 123. The van der Waals surface area contributed by atoms with Gasteiger partial charge in [-0.3, -0.25) is 0 Å². The lowest BCUT2D eigenvalue weighted by molar-refractivity contribution is 0.289. The molecule has 1 unspecified atom stereocenters. The average molecular weight is 158 g/mol. The molecule has 1 nitrogen and oxygen atoms in total. The van der Waals surface area contributed by atoms with Crippen LogP contribution in [0.3, 0.4) is 0 Å². The summed E-state index contributed by atoms with van der Waals surface area (Å²) in [6, 6.07) is 0. The number of aliphatic hydroxyl groups is 1. The fraction of sp³-hybridized carbons (Fsp3) is 0.750. The van der Waals surface area contributed by atoms with Crippen molar-refractivity contribution in [3.05, 3.63) is 0 Å². The highest BCUT2D eigenvalue weighted by atomic mass is 32.2. The molecule has 58 valence electrons. The van der Waals surface area contributed by atoms with Crippen molar-refractivity contribution < 1.29 is 5.11 Å². The quantitative estimate of drug-likeness (QED) is 0.626. The molecule has 0 heterocycles. The van der Waals surface area contributed by atoms with E-state index >= 15 is 0 Å². The van der Waals surface area contributed by atoms with E-state index < -0.39 is 0 Å². The van der Waals surface area contributed by atoms with Crippen LogP contribution in [0.15, 0.2) is 0 Å². The second kappa shape index (κ2) is 6.98. The van der Waals surface area contributed by atoms with Gasteiger partial charge < -0.3 is 5.11 Å². The van der Waals surface area contributed by atoms with Crippen molar-refractivity contribution in [1.29, 1.82) is 0 Å². The zero-order valence-corrected chi connectivity index (χ0v) is 7.37. The second-order valence-corrected chi connectivity index (χ2v) is 3.49. The van der Waals surface area contributed by atoms with Gasteiger partial charge in [0.15, 0.2) is 0 Å². The topological polar surface area (TPSA) is 20.2 Å². The van der Waals surface area contributed by atoms with E-state index in [1.54, 1.807) is 11.8 Å². The molecule has 0 aliphatic heterocycles. The summed E-state index contributed by atoms with van der Waals surface area (Å²) in [5.74, 6) is 6.69. The fourth-order valence-corrected chi connectivity index (χ4v) is 1.31. The van der Waals surface area contributed by atoms with Crippen molar-refractivity contribution >= 4 is 11.8 Å². The molecule has 0 aliphatic rings. The Morgan fingerprint density at radius 2 is 2.30 bits per heavy atom. The highest BCUT2D eigenvalue weighted by Gasteiger charge is 1.98. The molecule has 10 heavy (non-hydrogen) atoms. The lowest BCUT2D eigenvalue weighted by Gasteiger charge is -2.04. The van der Waals surface area contributed by atoms with Crippen LogP contribution >= 0.6 is 11.8 Å². The molecule has 0 aromatic rings. The van der Waals surface area contributed by atoms with Gasteiger partial charge in [0.1, 0.15) is 0 Å². The van der Waals surface area contributed by atoms with Gasteiger partial charge in [0, 0.05) is 11.9 Å². The number of aliphatic hydroxyl groups excluding tert-OH is 1. The lowest BCUT2D eigenvalue weighted by Crippen LogP contribution is -1.99. The number of hydrogen-bond donors (Lipinski definition) is 1. The van der Waals surface area contributed by atoms with Crippen molar-refractivity contribution in [2.75, 3.05) is 12.4 Å². The van der Waals surface area contributed by atoms with Gasteiger partial charge in [0.25, 0.3) is 0 Å². The SMILES string of the molecule is CC#CCSC(C)CCO. The third-order valence-corrected chi connectivity index (χ3v) is 2.27. The van der Waals surface area contributed by atoms with Gasteiger partial charge in [-0.15, -0.1) is 17.7 Å². The molecule has 1 N–H and O–H groups in total. The van der Waals surface area contributed by atoms with Gasteiger partial charge in [-0.25, -0.2) is 0 Å². The summed E-state index contributed by atoms with van der Waals surface area (Å²) in [6.07, 6.45) is 0.871. The van der Waals surface area contributed by atoms with Crippen LogP contribution in [0.4, 0.5) is 0 Å². The highest BCUT2D eigenvalue weighted by molar-refractivity contribution is 8.00. The molecule has 0 saturated heterocycles. The summed E-state index contributed by atoms with van der Waals surface area (Å²) >= 11 is 1.79. The maximum Gasteiger partial charge on any atom is 0.0550 e. The Hall–Kier alpha value is -0.130.